The molecule has 0 amide bonds. The van der Waals surface area contributed by atoms with Gasteiger partial charge in [0, 0.05) is 11.5 Å². The molecule has 0 unspecified atom stereocenters. The maximum Gasteiger partial charge on any atom is 0.586 e. The highest BCUT2D eigenvalue weighted by Gasteiger charge is 2.43. The van der Waals surface area contributed by atoms with Crippen molar-refractivity contribution in [1.82, 2.24) is 4.98 Å². The predicted molar refractivity (Wildman–Crippen MR) is 55.8 cm³/mol. The average Bonchev–Trinajstić information content (AvgIpc) is 2.82. The lowest BCUT2D eigenvalue weighted by Crippen LogP contribution is -2.25. The number of halogens is 2. The number of carbonyl (C=O) groups is 1. The van der Waals surface area contributed by atoms with Gasteiger partial charge in [-0.3, -0.25) is 0 Å². The minimum Gasteiger partial charge on any atom is -0.464 e. The zero-order valence-electron chi connectivity index (χ0n) is 9.12. The molecule has 2 heterocycles. The number of H-pyrrole nitrogens is 1. The molecular formula is C11H7F2NO4. The van der Waals surface area contributed by atoms with Gasteiger partial charge in [0.05, 0.1) is 12.6 Å². The normalized spacial score (nSPS) is 15.9. The van der Waals surface area contributed by atoms with Crippen LogP contribution < -0.4 is 9.47 Å². The molecule has 0 fully saturated rings. The molecule has 1 N–H and O–H groups in total. The molecule has 0 spiro atoms. The Kier molecular flexibility index (Phi) is 2.01. The molecule has 5 nitrogen and oxygen atoms in total. The Morgan fingerprint density at radius 2 is 1.94 bits per heavy atom. The first-order valence-electron chi connectivity index (χ1n) is 4.99. The first-order chi connectivity index (χ1) is 8.48. The van der Waals surface area contributed by atoms with Crippen LogP contribution in [0, 0.1) is 0 Å². The third-order valence-corrected chi connectivity index (χ3v) is 2.55. The van der Waals surface area contributed by atoms with E-state index in [0.29, 0.717) is 10.9 Å². The van der Waals surface area contributed by atoms with Gasteiger partial charge in [-0.15, -0.1) is 8.78 Å². The van der Waals surface area contributed by atoms with Crippen molar-refractivity contribution in [2.45, 2.75) is 6.29 Å². The second kappa shape index (κ2) is 3.34. The molecule has 3 rings (SSSR count). The van der Waals surface area contributed by atoms with Gasteiger partial charge >= 0.3 is 12.3 Å². The van der Waals surface area contributed by atoms with Crippen LogP contribution in [0.1, 0.15) is 10.5 Å². The van der Waals surface area contributed by atoms with Crippen LogP contribution in [0.5, 0.6) is 11.5 Å². The van der Waals surface area contributed by atoms with E-state index in [1.165, 1.54) is 25.3 Å². The number of alkyl halides is 2. The molecule has 0 atom stereocenters. The van der Waals surface area contributed by atoms with Crippen LogP contribution >= 0.6 is 0 Å². The zero-order chi connectivity index (χ0) is 12.9. The first kappa shape index (κ1) is 10.8. The number of methoxy groups -OCH3 is 1. The summed E-state index contributed by atoms with van der Waals surface area (Å²) in [4.78, 5) is 14.1. The molecule has 94 valence electrons. The predicted octanol–water partition coefficient (Wildman–Crippen LogP) is 2.28. The van der Waals surface area contributed by atoms with Crippen molar-refractivity contribution < 1.29 is 27.8 Å². The number of hydrogen-bond acceptors (Lipinski definition) is 4. The van der Waals surface area contributed by atoms with Crippen molar-refractivity contribution in [3.8, 4) is 11.5 Å². The zero-order valence-corrected chi connectivity index (χ0v) is 9.12. The molecule has 7 heteroatoms. The number of hydrogen-bond donors (Lipinski definition) is 1. The van der Waals surface area contributed by atoms with Gasteiger partial charge in [0.15, 0.2) is 11.5 Å². The van der Waals surface area contributed by atoms with Crippen LogP contribution in [0.15, 0.2) is 18.2 Å². The Labute approximate surface area is 99.2 Å². The molecule has 0 radical (unpaired) electrons. The standard InChI is InChI=1S/C11H7F2NO4/c1-16-10(15)7-2-5-3-8-9(4-6(5)14-7)18-11(12,13)17-8/h2-4,14H,1H3. The summed E-state index contributed by atoms with van der Waals surface area (Å²) in [6.07, 6.45) is -3.65. The smallest absolute Gasteiger partial charge is 0.464 e. The molecule has 2 aromatic rings. The van der Waals surface area contributed by atoms with Crippen LogP contribution in [0.4, 0.5) is 8.78 Å². The Balaban J connectivity index is 2.09. The summed E-state index contributed by atoms with van der Waals surface area (Å²) >= 11 is 0. The van der Waals surface area contributed by atoms with E-state index in [1.807, 2.05) is 0 Å². The minimum atomic E-state index is -3.65. The Hall–Kier alpha value is -2.31. The molecule has 0 aliphatic carbocycles. The van der Waals surface area contributed by atoms with Gasteiger partial charge in [-0.1, -0.05) is 0 Å². The molecule has 1 aromatic heterocycles. The van der Waals surface area contributed by atoms with E-state index in [2.05, 4.69) is 19.2 Å². The van der Waals surface area contributed by atoms with Gasteiger partial charge in [0.25, 0.3) is 0 Å². The van der Waals surface area contributed by atoms with Crippen LogP contribution in [0.3, 0.4) is 0 Å². The van der Waals surface area contributed by atoms with Gasteiger partial charge in [-0.2, -0.15) is 0 Å². The lowest BCUT2D eigenvalue weighted by molar-refractivity contribution is -0.286. The van der Waals surface area contributed by atoms with Crippen LogP contribution in [-0.2, 0) is 4.74 Å². The quantitative estimate of drug-likeness (QED) is 0.794. The number of nitrogens with one attached hydrogen (secondary N) is 1. The summed E-state index contributed by atoms with van der Waals surface area (Å²) < 4.78 is 38.8. The van der Waals surface area contributed by atoms with Gasteiger partial charge in [0.2, 0.25) is 0 Å². The van der Waals surface area contributed by atoms with E-state index in [4.69, 9.17) is 0 Å². The fraction of sp³-hybridized carbons (Fsp3) is 0.182. The monoisotopic (exact) mass is 255 g/mol. The van der Waals surface area contributed by atoms with Gasteiger partial charge in [-0.05, 0) is 12.1 Å². The fourth-order valence-corrected chi connectivity index (χ4v) is 1.80. The van der Waals surface area contributed by atoms with Crippen LogP contribution in [0.2, 0.25) is 0 Å². The summed E-state index contributed by atoms with van der Waals surface area (Å²) in [7, 11) is 1.25. The van der Waals surface area contributed by atoms with Crippen molar-refractivity contribution in [3.63, 3.8) is 0 Å². The number of rotatable bonds is 1. The van der Waals surface area contributed by atoms with E-state index in [-0.39, 0.29) is 17.2 Å². The summed E-state index contributed by atoms with van der Waals surface area (Å²) in [5.41, 5.74) is 0.707. The van der Waals surface area contributed by atoms with Gasteiger partial charge in [-0.25, -0.2) is 4.79 Å². The van der Waals surface area contributed by atoms with E-state index in [9.17, 15) is 13.6 Å². The molecule has 18 heavy (non-hydrogen) atoms. The Morgan fingerprint density at radius 3 is 2.61 bits per heavy atom. The number of aromatic nitrogens is 1. The van der Waals surface area contributed by atoms with Crippen molar-refractivity contribution in [2.75, 3.05) is 7.11 Å². The number of fused-ring (bicyclic) bond motifs is 2. The van der Waals surface area contributed by atoms with Crippen LogP contribution in [0.25, 0.3) is 10.9 Å². The molecule has 0 saturated heterocycles. The topological polar surface area (TPSA) is 60.6 Å². The maximum absolute atomic E-state index is 12.8. The van der Waals surface area contributed by atoms with E-state index in [1.54, 1.807) is 0 Å². The van der Waals surface area contributed by atoms with Gasteiger partial charge in [0.1, 0.15) is 5.69 Å². The highest BCUT2D eigenvalue weighted by Crippen LogP contribution is 2.43. The number of benzene rings is 1. The average molecular weight is 255 g/mol. The Morgan fingerprint density at radius 1 is 1.28 bits per heavy atom. The second-order valence-corrected chi connectivity index (χ2v) is 3.73. The van der Waals surface area contributed by atoms with E-state index in [0.717, 1.165) is 0 Å². The highest BCUT2D eigenvalue weighted by atomic mass is 19.3. The molecular weight excluding hydrogens is 248 g/mol. The third kappa shape index (κ3) is 1.55. The fourth-order valence-electron chi connectivity index (χ4n) is 1.80. The number of ether oxygens (including phenoxy) is 3. The van der Waals surface area contributed by atoms with Crippen molar-refractivity contribution in [2.24, 2.45) is 0 Å². The third-order valence-electron chi connectivity index (χ3n) is 2.55. The molecule has 0 bridgehead atoms. The van der Waals surface area contributed by atoms with Gasteiger partial charge < -0.3 is 19.2 Å². The van der Waals surface area contributed by atoms with Crippen LogP contribution in [-0.4, -0.2) is 24.4 Å². The number of carbonyl (C=O) groups excluding carboxylic acids is 1. The largest absolute Gasteiger partial charge is 0.586 e. The summed E-state index contributed by atoms with van der Waals surface area (Å²) in [6.45, 7) is 0. The second-order valence-electron chi connectivity index (χ2n) is 3.73. The Bertz CT molecular complexity index is 605. The lowest BCUT2D eigenvalue weighted by atomic mass is 10.2. The molecule has 1 aromatic carbocycles. The SMILES string of the molecule is COC(=O)c1cc2cc3c(cc2[nH]1)OC(F)(F)O3. The number of aromatic amines is 1. The summed E-state index contributed by atoms with van der Waals surface area (Å²) in [6, 6.07) is 4.20. The van der Waals surface area contributed by atoms with E-state index >= 15 is 0 Å². The molecule has 1 aliphatic heterocycles. The summed E-state index contributed by atoms with van der Waals surface area (Å²) in [5.74, 6) is -0.688. The minimum absolute atomic E-state index is 0.0667. The lowest BCUT2D eigenvalue weighted by Gasteiger charge is -2.04. The van der Waals surface area contributed by atoms with E-state index < -0.39 is 12.3 Å². The van der Waals surface area contributed by atoms with Crippen molar-refractivity contribution >= 4 is 16.9 Å². The molecule has 0 saturated carbocycles. The molecule has 1 aliphatic rings. The van der Waals surface area contributed by atoms with Crippen molar-refractivity contribution in [1.29, 1.82) is 0 Å². The number of esters is 1. The summed E-state index contributed by atoms with van der Waals surface area (Å²) in [5, 5.41) is 0.551. The highest BCUT2D eigenvalue weighted by molar-refractivity contribution is 5.95. The maximum atomic E-state index is 12.8. The first-order valence-corrected chi connectivity index (χ1v) is 4.99. The van der Waals surface area contributed by atoms with Crippen molar-refractivity contribution in [3.05, 3.63) is 23.9 Å².